The third-order valence-corrected chi connectivity index (χ3v) is 18.5. The number of aromatic nitrogens is 10. The van der Waals surface area contributed by atoms with Gasteiger partial charge in [-0.25, -0.2) is 38.0 Å². The lowest BCUT2D eigenvalue weighted by atomic mass is 9.94. The number of aromatic amines is 2. The van der Waals surface area contributed by atoms with Crippen molar-refractivity contribution in [2.75, 3.05) is 58.7 Å². The molecule has 78 heavy (non-hydrogen) atoms. The number of nitrogen functional groups attached to an aromatic ring is 2. The highest BCUT2D eigenvalue weighted by molar-refractivity contribution is 7.66. The van der Waals surface area contributed by atoms with Crippen LogP contribution in [-0.4, -0.2) is 180 Å². The van der Waals surface area contributed by atoms with Crippen molar-refractivity contribution in [3.05, 3.63) is 62.4 Å². The molecule has 8 rings (SSSR count). The first-order valence-corrected chi connectivity index (χ1v) is 28.7. The number of nitrogens with one attached hydrogen (secondary N) is 3. The molecule has 3 fully saturated rings. The first kappa shape index (κ1) is 59.0. The maximum atomic E-state index is 14.3. The lowest BCUT2D eigenvalue weighted by Crippen LogP contribution is -2.38. The largest absolute Gasteiger partial charge is 0.490 e. The van der Waals surface area contributed by atoms with Crippen LogP contribution >= 0.6 is 31.1 Å². The number of amides is 1. The van der Waals surface area contributed by atoms with Gasteiger partial charge in [0.1, 0.15) is 54.1 Å². The summed E-state index contributed by atoms with van der Waals surface area (Å²) in [6.45, 7) is -3.29. The second kappa shape index (κ2) is 23.2. The number of hydrogen-bond donors (Lipinski definition) is 12. The van der Waals surface area contributed by atoms with E-state index in [4.69, 9.17) is 48.7 Å². The topological polar surface area (TPSA) is 536 Å². The fourth-order valence-corrected chi connectivity index (χ4v) is 14.2. The number of rotatable bonds is 23. The van der Waals surface area contributed by atoms with Gasteiger partial charge in [-0.3, -0.25) is 47.1 Å². The third kappa shape index (κ3) is 12.6. The third-order valence-electron chi connectivity index (χ3n) is 12.4. The van der Waals surface area contributed by atoms with Crippen LogP contribution in [0.2, 0.25) is 0 Å². The van der Waals surface area contributed by atoms with Crippen LogP contribution in [0.3, 0.4) is 0 Å². The number of phosphoric acid groups is 3. The lowest BCUT2D eigenvalue weighted by Gasteiger charge is -2.28. The number of carbonyl (C=O) groups excluding carboxylic acids is 1. The number of methoxy groups -OCH3 is 2. The molecule has 0 saturated carbocycles. The summed E-state index contributed by atoms with van der Waals surface area (Å²) in [6, 6.07) is 0.921. The lowest BCUT2D eigenvalue weighted by molar-refractivity contribution is -0.646. The molecule has 16 atom stereocenters. The SMILES string of the molecule is COCCNC(=O)C[C@@H]1[C@@H](COP(=O)(O)OP(=O)(O)OP(=O)(O)OCC2O[C@@H](n3cnc4c(N)ncnc43)[C@H](OC)[C@@H]2P(=O)(O)OC[C@H]2O[C@@H](n3ccc(=O)[nH]c3=O)[C@H](O)[C@@H]2O)OC(n2c[n+](C)c3c(=O)[nH]c(N)nc32)[C@@H]1O. The van der Waals surface area contributed by atoms with Crippen LogP contribution in [0.15, 0.2) is 45.6 Å². The molecular weight excluding hydrogens is 1140 g/mol. The summed E-state index contributed by atoms with van der Waals surface area (Å²) >= 11 is 0. The normalized spacial score (nSPS) is 29.6. The van der Waals surface area contributed by atoms with Crippen LogP contribution in [0.25, 0.3) is 22.3 Å². The van der Waals surface area contributed by atoms with E-state index in [0.29, 0.717) is 0 Å². The quantitative estimate of drug-likeness (QED) is 0.0167. The Hall–Kier alpha value is -5.11. The van der Waals surface area contributed by atoms with Crippen molar-refractivity contribution in [2.45, 2.75) is 73.5 Å². The number of imidazole rings is 2. The van der Waals surface area contributed by atoms with Gasteiger partial charge in [0.05, 0.1) is 45.9 Å². The fraction of sp³-hybridized carbons (Fsp3) is 0.583. The number of aryl methyl sites for hydroxylation is 1. The monoisotopic (exact) mass is 1190 g/mol. The fourth-order valence-electron chi connectivity index (χ4n) is 8.91. The minimum Gasteiger partial charge on any atom is -0.387 e. The highest BCUT2D eigenvalue weighted by Crippen LogP contribution is 2.68. The van der Waals surface area contributed by atoms with Gasteiger partial charge in [-0.2, -0.15) is 18.2 Å². The summed E-state index contributed by atoms with van der Waals surface area (Å²) in [6.07, 6.45) is -12.9. The van der Waals surface area contributed by atoms with E-state index in [0.717, 1.165) is 36.6 Å². The van der Waals surface area contributed by atoms with E-state index in [1.54, 1.807) is 0 Å². The van der Waals surface area contributed by atoms with Crippen LogP contribution in [0.5, 0.6) is 0 Å². The summed E-state index contributed by atoms with van der Waals surface area (Å²) in [5.41, 5.74) is 7.09. The molecule has 42 heteroatoms. The first-order chi connectivity index (χ1) is 36.6. The number of aliphatic hydroxyl groups is 3. The number of phosphoric ester groups is 2. The van der Waals surface area contributed by atoms with Gasteiger partial charge in [0.2, 0.25) is 24.4 Å². The first-order valence-electron chi connectivity index (χ1n) is 22.6. The minimum atomic E-state index is -6.27. The molecule has 0 spiro atoms. The number of anilines is 2. The average molecular weight is 1190 g/mol. The smallest absolute Gasteiger partial charge is 0.387 e. The van der Waals surface area contributed by atoms with Gasteiger partial charge >= 0.3 is 42.3 Å². The van der Waals surface area contributed by atoms with Crippen LogP contribution < -0.4 is 38.2 Å². The molecule has 0 bridgehead atoms. The number of fused-ring (bicyclic) bond motifs is 2. The minimum absolute atomic E-state index is 0.0207. The van der Waals surface area contributed by atoms with Crippen LogP contribution in [0.1, 0.15) is 25.1 Å². The molecule has 3 aliphatic heterocycles. The van der Waals surface area contributed by atoms with Gasteiger partial charge in [-0.05, 0) is 0 Å². The molecular formula is C36H52N13O25P4+. The molecule has 6 unspecified atom stereocenters. The second-order valence-electron chi connectivity index (χ2n) is 17.4. The van der Waals surface area contributed by atoms with Crippen LogP contribution in [-0.2, 0) is 76.0 Å². The van der Waals surface area contributed by atoms with Gasteiger partial charge in [0.15, 0.2) is 23.9 Å². The number of carbonyl (C=O) groups is 1. The Balaban J connectivity index is 0.966. The molecule has 1 amide bonds. The molecule has 5 aromatic rings. The summed E-state index contributed by atoms with van der Waals surface area (Å²) in [7, 11) is -19.6. The summed E-state index contributed by atoms with van der Waals surface area (Å²) in [5.74, 6) is -2.37. The van der Waals surface area contributed by atoms with Crippen molar-refractivity contribution in [1.82, 2.24) is 48.9 Å². The molecule has 8 heterocycles. The van der Waals surface area contributed by atoms with Crippen molar-refractivity contribution >= 4 is 71.1 Å². The number of H-pyrrole nitrogens is 2. The molecule has 0 radical (unpaired) electrons. The molecule has 3 saturated heterocycles. The molecule has 0 aromatic carbocycles. The van der Waals surface area contributed by atoms with E-state index in [2.05, 4.69) is 38.9 Å². The van der Waals surface area contributed by atoms with Gasteiger partial charge in [-0.1, -0.05) is 0 Å². The Morgan fingerprint density at radius 2 is 1.44 bits per heavy atom. The van der Waals surface area contributed by atoms with Crippen LogP contribution in [0, 0.1) is 5.92 Å². The summed E-state index contributed by atoms with van der Waals surface area (Å²) in [5, 5.41) is 35.6. The van der Waals surface area contributed by atoms with E-state index in [-0.39, 0.29) is 47.2 Å². The van der Waals surface area contributed by atoms with Crippen LogP contribution in [0.4, 0.5) is 11.8 Å². The predicted octanol–water partition coefficient (Wildman–Crippen LogP) is -4.40. The highest BCUT2D eigenvalue weighted by atomic mass is 31.3. The molecule has 38 nitrogen and oxygen atoms in total. The number of hydrogen-bond acceptors (Lipinski definition) is 27. The van der Waals surface area contributed by atoms with E-state index in [1.165, 1.54) is 34.2 Å². The van der Waals surface area contributed by atoms with Gasteiger partial charge < -0.3 is 79.9 Å². The maximum absolute atomic E-state index is 14.3. The zero-order valence-electron chi connectivity index (χ0n) is 40.6. The number of aliphatic hydroxyl groups excluding tert-OH is 3. The van der Waals surface area contributed by atoms with Crippen molar-refractivity contribution in [3.8, 4) is 0 Å². The van der Waals surface area contributed by atoms with Crippen molar-refractivity contribution < 1.29 is 108 Å². The van der Waals surface area contributed by atoms with Gasteiger partial charge in [-0.15, -0.1) is 0 Å². The van der Waals surface area contributed by atoms with Crippen molar-refractivity contribution in [3.63, 3.8) is 0 Å². The van der Waals surface area contributed by atoms with E-state index in [1.807, 2.05) is 4.98 Å². The zero-order valence-corrected chi connectivity index (χ0v) is 44.1. The van der Waals surface area contributed by atoms with Gasteiger partial charge in [0, 0.05) is 45.4 Å². The molecule has 5 aromatic heterocycles. The Morgan fingerprint density at radius 3 is 2.10 bits per heavy atom. The van der Waals surface area contributed by atoms with E-state index >= 15 is 0 Å². The van der Waals surface area contributed by atoms with E-state index in [9.17, 15) is 72.3 Å². The molecule has 0 aliphatic carbocycles. The molecule has 14 N–H and O–H groups in total. The maximum Gasteiger partial charge on any atom is 0.490 e. The standard InChI is InChI=1S/C36H51N13O25P4/c1-46-14-49(30-22(46)31(55)45-35(38)44-30)32-23(52)15(8-20(51)39-5-7-65-2)16(70-32)9-68-76(59,60)73-78(63,64)74-77(61,62)69-11-18-27(26(66-3)34(72-18)48-13-42-21-28(37)40-12-41-29(21)48)75(57,58)67-10-17-24(53)25(54)33(71-17)47-6-4-19(50)43-36(47)56/h4,6,12-18,23-27,32-34,52-54H,5,7-11H2,1-3H3,(H10-,37,38,39,40,41,43,44,45,50,51,55,56,57,58,59,60,61,62,63,64)/p+1/t15-,16-,17-,18?,23-,24-,25-,26-,27-,32?,33-,34-/m1/s1. The highest BCUT2D eigenvalue weighted by Gasteiger charge is 2.58. The Labute approximate surface area is 435 Å². The van der Waals surface area contributed by atoms with Crippen molar-refractivity contribution in [2.24, 2.45) is 13.0 Å². The Morgan fingerprint density at radius 1 is 0.795 bits per heavy atom. The second-order valence-corrected chi connectivity index (χ2v) is 24.1. The van der Waals surface area contributed by atoms with E-state index < -0.39 is 153 Å². The summed E-state index contributed by atoms with van der Waals surface area (Å²) in [4.78, 5) is 114. The Bertz CT molecular complexity index is 3410. The van der Waals surface area contributed by atoms with Crippen molar-refractivity contribution in [1.29, 1.82) is 0 Å². The average Bonchev–Trinajstić information content (AvgIpc) is 4.16. The zero-order chi connectivity index (χ0) is 56.8. The molecule has 430 valence electrons. The number of nitrogens with zero attached hydrogens (tertiary/aromatic N) is 8. The summed E-state index contributed by atoms with van der Waals surface area (Å²) < 4.78 is 110. The molecule has 3 aliphatic rings. The van der Waals surface area contributed by atoms with Gasteiger partial charge in [0.25, 0.3) is 16.7 Å². The predicted molar refractivity (Wildman–Crippen MR) is 254 cm³/mol. The number of ether oxygens (including phenoxy) is 5. The Kier molecular flexibility index (Phi) is 17.5. The number of nitrogens with two attached hydrogens (primary N) is 2.